The van der Waals surface area contributed by atoms with Crippen molar-refractivity contribution in [2.24, 2.45) is 5.92 Å². The van der Waals surface area contributed by atoms with Crippen molar-refractivity contribution in [3.63, 3.8) is 0 Å². The number of nitrogens with two attached hydrogens (primary N) is 1. The lowest BCUT2D eigenvalue weighted by atomic mass is 9.99. The van der Waals surface area contributed by atoms with Crippen LogP contribution in [-0.4, -0.2) is 46.3 Å². The number of para-hydroxylation sites is 2. The number of benzene rings is 1. The van der Waals surface area contributed by atoms with Crippen LogP contribution in [0, 0.1) is 5.92 Å². The molecule has 7 nitrogen and oxygen atoms in total. The van der Waals surface area contributed by atoms with Crippen LogP contribution in [0.25, 0.3) is 11.0 Å². The average Bonchev–Trinajstić information content (AvgIpc) is 2.58. The van der Waals surface area contributed by atoms with Gasteiger partial charge >= 0.3 is 6.09 Å². The third-order valence-corrected chi connectivity index (χ3v) is 4.19. The molecule has 0 spiro atoms. The number of amides is 1. The molecule has 26 heavy (non-hydrogen) atoms. The molecule has 0 bridgehead atoms. The van der Waals surface area contributed by atoms with E-state index in [1.165, 1.54) is 0 Å². The van der Waals surface area contributed by atoms with Crippen molar-refractivity contribution in [2.45, 2.75) is 39.2 Å². The van der Waals surface area contributed by atoms with Gasteiger partial charge in [0, 0.05) is 19.0 Å². The number of carbonyl (C=O) groups excluding carboxylic acids is 1. The maximum absolute atomic E-state index is 12.3. The van der Waals surface area contributed by atoms with Gasteiger partial charge in [-0.15, -0.1) is 0 Å². The lowest BCUT2D eigenvalue weighted by molar-refractivity contribution is 0.0138. The second-order valence-electron chi connectivity index (χ2n) is 7.65. The SMILES string of the molecule is CC(C)(C)OC(=O)N1CCC[C@@H](COc2nc3ccccc3nc2N)C1. The minimum Gasteiger partial charge on any atom is -0.475 e. The fourth-order valence-electron chi connectivity index (χ4n) is 2.99. The van der Waals surface area contributed by atoms with Gasteiger partial charge in [-0.2, -0.15) is 0 Å². The number of carbonyl (C=O) groups is 1. The standard InChI is InChI=1S/C19H26N4O3/c1-19(2,3)26-18(24)23-10-6-7-13(11-23)12-25-17-16(20)21-14-8-4-5-9-15(14)22-17/h4-5,8-9,13H,6-7,10-12H2,1-3H3,(H2,20,21)/t13-/m1/s1. The summed E-state index contributed by atoms with van der Waals surface area (Å²) in [5.41, 5.74) is 6.96. The molecule has 3 rings (SSSR count). The fraction of sp³-hybridized carbons (Fsp3) is 0.526. The van der Waals surface area contributed by atoms with Crippen LogP contribution in [0.1, 0.15) is 33.6 Å². The van der Waals surface area contributed by atoms with E-state index < -0.39 is 5.60 Å². The van der Waals surface area contributed by atoms with E-state index in [1.807, 2.05) is 45.0 Å². The molecular weight excluding hydrogens is 332 g/mol. The zero-order valence-corrected chi connectivity index (χ0v) is 15.6. The van der Waals surface area contributed by atoms with Gasteiger partial charge in [-0.05, 0) is 45.7 Å². The normalized spacial score (nSPS) is 18.0. The number of likely N-dealkylation sites (tertiary alicyclic amines) is 1. The van der Waals surface area contributed by atoms with Crippen LogP contribution in [0.5, 0.6) is 5.88 Å². The van der Waals surface area contributed by atoms with E-state index >= 15 is 0 Å². The number of aromatic nitrogens is 2. The zero-order chi connectivity index (χ0) is 18.7. The van der Waals surface area contributed by atoms with Crippen molar-refractivity contribution in [2.75, 3.05) is 25.4 Å². The smallest absolute Gasteiger partial charge is 0.410 e. The van der Waals surface area contributed by atoms with E-state index in [-0.39, 0.29) is 17.8 Å². The minimum atomic E-state index is -0.490. The minimum absolute atomic E-state index is 0.212. The first kappa shape index (κ1) is 18.2. The highest BCUT2D eigenvalue weighted by molar-refractivity contribution is 5.76. The summed E-state index contributed by atoms with van der Waals surface area (Å²) >= 11 is 0. The number of fused-ring (bicyclic) bond motifs is 1. The van der Waals surface area contributed by atoms with Crippen LogP contribution < -0.4 is 10.5 Å². The predicted octanol–water partition coefficient (Wildman–Crippen LogP) is 3.24. The van der Waals surface area contributed by atoms with Crippen LogP contribution in [0.3, 0.4) is 0 Å². The topological polar surface area (TPSA) is 90.6 Å². The van der Waals surface area contributed by atoms with E-state index in [0.717, 1.165) is 23.9 Å². The summed E-state index contributed by atoms with van der Waals surface area (Å²) in [7, 11) is 0. The largest absolute Gasteiger partial charge is 0.475 e. The third kappa shape index (κ3) is 4.53. The van der Waals surface area contributed by atoms with E-state index in [9.17, 15) is 4.79 Å². The maximum atomic E-state index is 12.3. The van der Waals surface area contributed by atoms with Gasteiger partial charge in [-0.3, -0.25) is 0 Å². The Labute approximate surface area is 153 Å². The average molecular weight is 358 g/mol. The molecule has 0 unspecified atom stereocenters. The van der Waals surface area contributed by atoms with Crippen LogP contribution >= 0.6 is 0 Å². The highest BCUT2D eigenvalue weighted by Crippen LogP contribution is 2.24. The molecule has 0 radical (unpaired) electrons. The lowest BCUT2D eigenvalue weighted by Crippen LogP contribution is -2.44. The molecule has 1 saturated heterocycles. The zero-order valence-electron chi connectivity index (χ0n) is 15.6. The van der Waals surface area contributed by atoms with Crippen LogP contribution in [0.2, 0.25) is 0 Å². The van der Waals surface area contributed by atoms with Crippen LogP contribution in [-0.2, 0) is 4.74 Å². The Bertz CT molecular complexity index is 788. The van der Waals surface area contributed by atoms with Gasteiger partial charge < -0.3 is 20.1 Å². The molecule has 0 saturated carbocycles. The Kier molecular flexibility index (Phi) is 5.15. The second kappa shape index (κ2) is 7.35. The van der Waals surface area contributed by atoms with Gasteiger partial charge in [0.05, 0.1) is 17.6 Å². The summed E-state index contributed by atoms with van der Waals surface area (Å²) in [4.78, 5) is 22.8. The Morgan fingerprint density at radius 1 is 1.27 bits per heavy atom. The molecular formula is C19H26N4O3. The molecule has 1 aliphatic heterocycles. The fourth-order valence-corrected chi connectivity index (χ4v) is 2.99. The summed E-state index contributed by atoms with van der Waals surface area (Å²) in [6, 6.07) is 7.53. The quantitative estimate of drug-likeness (QED) is 0.906. The van der Waals surface area contributed by atoms with Crippen molar-refractivity contribution in [3.05, 3.63) is 24.3 Å². The lowest BCUT2D eigenvalue weighted by Gasteiger charge is -2.33. The van der Waals surface area contributed by atoms with E-state index in [1.54, 1.807) is 4.90 Å². The Balaban J connectivity index is 1.61. The molecule has 2 heterocycles. The van der Waals surface area contributed by atoms with Gasteiger partial charge in [0.15, 0.2) is 5.82 Å². The summed E-state index contributed by atoms with van der Waals surface area (Å²) in [5.74, 6) is 0.838. The van der Waals surface area contributed by atoms with E-state index in [2.05, 4.69) is 9.97 Å². The number of ether oxygens (including phenoxy) is 2. The molecule has 0 aliphatic carbocycles. The molecule has 140 valence electrons. The van der Waals surface area contributed by atoms with Gasteiger partial charge in [-0.1, -0.05) is 12.1 Å². The number of hydrogen-bond donors (Lipinski definition) is 1. The number of hydrogen-bond acceptors (Lipinski definition) is 6. The van der Waals surface area contributed by atoms with Gasteiger partial charge in [0.1, 0.15) is 5.60 Å². The van der Waals surface area contributed by atoms with Crippen molar-refractivity contribution < 1.29 is 14.3 Å². The number of rotatable bonds is 3. The van der Waals surface area contributed by atoms with Crippen molar-refractivity contribution in [1.29, 1.82) is 0 Å². The van der Waals surface area contributed by atoms with Crippen molar-refractivity contribution >= 4 is 22.9 Å². The van der Waals surface area contributed by atoms with Gasteiger partial charge in [-0.25, -0.2) is 14.8 Å². The monoisotopic (exact) mass is 358 g/mol. The number of piperidine rings is 1. The highest BCUT2D eigenvalue weighted by atomic mass is 16.6. The summed E-state index contributed by atoms with van der Waals surface area (Å²) in [6.45, 7) is 7.37. The molecule has 1 aromatic carbocycles. The van der Waals surface area contributed by atoms with Gasteiger partial charge in [0.25, 0.3) is 5.88 Å². The summed E-state index contributed by atoms with van der Waals surface area (Å²) in [6.07, 6.45) is 1.64. The maximum Gasteiger partial charge on any atom is 0.410 e. The van der Waals surface area contributed by atoms with Crippen LogP contribution in [0.15, 0.2) is 24.3 Å². The molecule has 1 amide bonds. The number of anilines is 1. The summed E-state index contributed by atoms with van der Waals surface area (Å²) in [5, 5.41) is 0. The van der Waals surface area contributed by atoms with Gasteiger partial charge in [0.2, 0.25) is 0 Å². The first-order valence-corrected chi connectivity index (χ1v) is 8.95. The van der Waals surface area contributed by atoms with E-state index in [4.69, 9.17) is 15.2 Å². The second-order valence-corrected chi connectivity index (χ2v) is 7.65. The predicted molar refractivity (Wildman–Crippen MR) is 100.0 cm³/mol. The number of nitrogen functional groups attached to an aromatic ring is 1. The third-order valence-electron chi connectivity index (χ3n) is 4.19. The summed E-state index contributed by atoms with van der Waals surface area (Å²) < 4.78 is 11.3. The van der Waals surface area contributed by atoms with Crippen molar-refractivity contribution in [1.82, 2.24) is 14.9 Å². The molecule has 2 N–H and O–H groups in total. The molecule has 7 heteroatoms. The molecule has 1 aliphatic rings. The number of nitrogens with zero attached hydrogens (tertiary/aromatic N) is 3. The Morgan fingerprint density at radius 3 is 2.65 bits per heavy atom. The first-order valence-electron chi connectivity index (χ1n) is 8.95. The Morgan fingerprint density at radius 2 is 1.96 bits per heavy atom. The molecule has 1 atom stereocenters. The first-order chi connectivity index (χ1) is 12.3. The van der Waals surface area contributed by atoms with Crippen LogP contribution in [0.4, 0.5) is 10.6 Å². The van der Waals surface area contributed by atoms with Crippen molar-refractivity contribution in [3.8, 4) is 5.88 Å². The molecule has 1 aromatic heterocycles. The van der Waals surface area contributed by atoms with E-state index in [0.29, 0.717) is 25.6 Å². The molecule has 1 fully saturated rings. The Hall–Kier alpha value is -2.57. The highest BCUT2D eigenvalue weighted by Gasteiger charge is 2.28. The molecule has 2 aromatic rings.